The Balaban J connectivity index is 0.000000442. The van der Waals surface area contributed by atoms with Gasteiger partial charge in [0.2, 0.25) is 0 Å². The van der Waals surface area contributed by atoms with E-state index in [1.165, 1.54) is 59.1 Å². The quantitative estimate of drug-likeness (QED) is 0.0245. The molecular weight excluding hydrogens is 2070 g/mol. The van der Waals surface area contributed by atoms with Gasteiger partial charge in [-0.2, -0.15) is 28.8 Å². The molecule has 0 fully saturated rings. The third-order valence-electron chi connectivity index (χ3n) is 24.5. The van der Waals surface area contributed by atoms with Crippen molar-refractivity contribution in [3.8, 4) is 0 Å². The summed E-state index contributed by atoms with van der Waals surface area (Å²) in [6.07, 6.45) is 17.4. The molecule has 1 aliphatic carbocycles. The molecule has 0 bridgehead atoms. The minimum absolute atomic E-state index is 0. The van der Waals surface area contributed by atoms with E-state index in [1.807, 2.05) is 153 Å². The first kappa shape index (κ1) is 124. The number of rotatable bonds is 24. The molecule has 0 radical (unpaired) electrons. The average molecular weight is 2200 g/mol. The molecule has 10 aromatic heterocycles. The Hall–Kier alpha value is -10.6. The number of aryl methyl sites for hydroxylation is 10. The number of carbonyl (C=O) groups excluding carboxylic acids is 9. The van der Waals surface area contributed by atoms with Crippen molar-refractivity contribution in [3.63, 3.8) is 0 Å². The van der Waals surface area contributed by atoms with Crippen molar-refractivity contribution in [3.05, 3.63) is 279 Å². The minimum atomic E-state index is -1.98. The van der Waals surface area contributed by atoms with Gasteiger partial charge in [-0.05, 0) is 208 Å². The van der Waals surface area contributed by atoms with E-state index in [9.17, 15) is 48.3 Å². The summed E-state index contributed by atoms with van der Waals surface area (Å²) in [7, 11) is 4.11. The van der Waals surface area contributed by atoms with Crippen LogP contribution in [0.25, 0.3) is 80.3 Å². The molecule has 30 nitrogen and oxygen atoms in total. The van der Waals surface area contributed by atoms with Crippen molar-refractivity contribution in [2.75, 3.05) is 30.1 Å². The number of aromatic amines is 1. The van der Waals surface area contributed by atoms with Crippen LogP contribution < -0.4 is 52.6 Å². The van der Waals surface area contributed by atoms with Gasteiger partial charge in [0.15, 0.2) is 34.0 Å². The number of allylic oxidation sites excluding steroid dienone is 1. The molecule has 2 N–H and O–H groups in total. The number of halogens is 3. The molecule has 16 rings (SSSR count). The number of carbonyl (C=O) groups is 3. The molecule has 15 aromatic rings. The Kier molecular flexibility index (Phi) is 50.9. The molecule has 1 aliphatic rings. The molecule has 142 heavy (non-hydrogen) atoms. The number of fused-ring (bicyclic) bond motifs is 8. The SMILES string of the molecule is CCc1sc2[nH]c(=O)n(CCO[Si](C)(C)C(C)(C)C)c(=O)c2c1C.CCc1sc2c(c1C)c(=O)n(CCO)c(=O)n2Cc1ccc2ccn(C)c2c1.CCc1sc2c(c1C)c(=O)n(CCO[Si](C)(C)C(C)(C)C)c(=O)n2Cc1ccc2ccn(C)c2c1.CI.ClCCl.Cn1ccc2ccc(C=O)cc21.Cn1ccc2ccc(COC=O)cc21.O=C=O.O=C=O.O=C=O.O=COCc1ccc2c(c1)CC=C2.[AlH3].[H-].[Li+]. The number of aromatic nitrogens is 10. The van der Waals surface area contributed by atoms with E-state index < -0.39 is 16.6 Å². The number of aliphatic hydroxyl groups is 1. The number of thiophene rings is 3. The van der Waals surface area contributed by atoms with Crippen molar-refractivity contribution >= 4 is 232 Å². The molecule has 0 saturated heterocycles. The second kappa shape index (κ2) is 58.4. The Labute approximate surface area is 885 Å². The fourth-order valence-electron chi connectivity index (χ4n) is 15.0. The monoisotopic (exact) mass is 2190 g/mol. The first-order valence-electron chi connectivity index (χ1n) is 44.6. The normalized spacial score (nSPS) is 11.0. The van der Waals surface area contributed by atoms with Crippen molar-refractivity contribution < 1.29 is 86.9 Å². The van der Waals surface area contributed by atoms with Crippen LogP contribution in [-0.2, 0) is 156 Å². The molecule has 5 aromatic carbocycles. The number of nitrogens with zero attached hydrogens (tertiary/aromatic N) is 9. The van der Waals surface area contributed by atoms with E-state index in [2.05, 4.69) is 192 Å². The molecule has 0 unspecified atom stereocenters. The maximum atomic E-state index is 13.7. The van der Waals surface area contributed by atoms with E-state index in [4.69, 9.17) is 65.6 Å². The van der Waals surface area contributed by atoms with Gasteiger partial charge in [0.05, 0.1) is 74.0 Å². The first-order valence-corrected chi connectivity index (χ1v) is 56.1. The van der Waals surface area contributed by atoms with Crippen LogP contribution in [0.15, 0.2) is 175 Å². The molecule has 0 aliphatic heterocycles. The van der Waals surface area contributed by atoms with Crippen LogP contribution in [-0.4, -0.2) is 153 Å². The predicted molar refractivity (Wildman–Crippen MR) is 582 cm³/mol. The van der Waals surface area contributed by atoms with Crippen molar-refractivity contribution in [1.82, 2.24) is 46.1 Å². The third kappa shape index (κ3) is 31.7. The standard InChI is InChI=1S/C27H37N3O3SSi.C21H23N3O3S.C17H28N2O3SSi.C11H11NO2.C11H10O2.C10H9NO.CH2Cl2.CH3I.3CO2.Al.Li.4H/c1-9-22-18(2)23-24(31)29(14-15-33-35(7,8)27(3,4)5)26(32)30(25(23)34-22)17-19-10-11-20-12-13-28(6)21(20)16-19;1-4-17-13(2)18-19(26)23(9-10-25)21(27)24(20(18)28-17)12-14-5-6-15-7-8-22(3)16(15)11-14;1-8-12-11(2)13-14(23-12)18-16(21)19(15(13)20)9-10-22-24(6,7)17(3,4)5;1-12-5-4-10-3-2-9(6-11(10)12)7-14-8-13;12-8-13-7-9-4-5-10-2-1-3-11(10)6-9;1-11-5-4-9-3-2-8(7-12)6-10(9)11;2-1-3;1-2;3*2-1-3;;;;;;/h10-13,16H,9,14-15,17H2,1-8H3;5-8,11,25H,4,9-10,12H2,1-3H3;8-10H2,1-7H3,(H,18,21);2-6,8H,7H2,1H3;1-2,4-6,8H,3,7H2;2-7H,1H3;1H2;1H3;;;;;;;;;/q;;;;;;;;;;;;+1;;;;-1. The van der Waals surface area contributed by atoms with Gasteiger partial charge >= 0.3 is 54.4 Å². The fourth-order valence-corrected chi connectivity index (χ4v) is 20.6. The number of aliphatic hydroxyl groups excluding tert-OH is 1. The number of benzene rings is 5. The maximum Gasteiger partial charge on any atom is 1.00 e. The number of nitrogens with one attached hydrogen (secondary N) is 1. The molecule has 0 atom stereocenters. The molecule has 756 valence electrons. The first-order chi connectivity index (χ1) is 66.5. The van der Waals surface area contributed by atoms with Crippen LogP contribution in [0.4, 0.5) is 0 Å². The summed E-state index contributed by atoms with van der Waals surface area (Å²) in [4.78, 5) is 168. The van der Waals surface area contributed by atoms with Gasteiger partial charge < -0.3 is 43.1 Å². The molecule has 0 spiro atoms. The van der Waals surface area contributed by atoms with Crippen molar-refractivity contribution in [2.45, 2.75) is 191 Å². The Morgan fingerprint density at radius 2 is 0.824 bits per heavy atom. The van der Waals surface area contributed by atoms with E-state index >= 15 is 0 Å². The fraction of sp³-hybridized carbons (Fsp3) is 0.373. The van der Waals surface area contributed by atoms with Gasteiger partial charge in [0.25, 0.3) is 29.6 Å². The molecule has 0 amide bonds. The summed E-state index contributed by atoms with van der Waals surface area (Å²) in [5.74, 6) is 0. The Morgan fingerprint density at radius 3 is 1.20 bits per heavy atom. The van der Waals surface area contributed by atoms with Crippen LogP contribution in [0.5, 0.6) is 0 Å². The maximum absolute atomic E-state index is 13.7. The average Bonchev–Trinajstić information content (AvgIpc) is 1.60. The summed E-state index contributed by atoms with van der Waals surface area (Å²) in [5, 5.41) is 16.3. The Morgan fingerprint density at radius 1 is 0.486 bits per heavy atom. The summed E-state index contributed by atoms with van der Waals surface area (Å²) >= 11 is 16.3. The summed E-state index contributed by atoms with van der Waals surface area (Å²) in [5.41, 5.74) is 13.1. The van der Waals surface area contributed by atoms with Crippen LogP contribution in [0, 0.1) is 20.8 Å². The van der Waals surface area contributed by atoms with Gasteiger partial charge in [0, 0.05) is 95.2 Å². The summed E-state index contributed by atoms with van der Waals surface area (Å²) in [6.45, 7) is 37.4. The van der Waals surface area contributed by atoms with E-state index in [0.29, 0.717) is 78.3 Å². The molecule has 0 saturated carbocycles. The largest absolute Gasteiger partial charge is 1.00 e. The van der Waals surface area contributed by atoms with Gasteiger partial charge in [-0.3, -0.25) is 56.6 Å². The van der Waals surface area contributed by atoms with Crippen LogP contribution in [0.2, 0.25) is 36.3 Å². The van der Waals surface area contributed by atoms with Gasteiger partial charge in [-0.15, -0.1) is 57.2 Å². The second-order valence-electron chi connectivity index (χ2n) is 35.2. The summed E-state index contributed by atoms with van der Waals surface area (Å²) < 4.78 is 37.2. The van der Waals surface area contributed by atoms with Crippen LogP contribution in [0.1, 0.15) is 139 Å². The van der Waals surface area contributed by atoms with Crippen LogP contribution in [0.3, 0.4) is 0 Å². The zero-order valence-corrected chi connectivity index (χ0v) is 92.0. The summed E-state index contributed by atoms with van der Waals surface area (Å²) in [6, 6.07) is 38.5. The van der Waals surface area contributed by atoms with E-state index in [1.54, 1.807) is 20.5 Å². The van der Waals surface area contributed by atoms with Crippen molar-refractivity contribution in [1.29, 1.82) is 0 Å². The minimum Gasteiger partial charge on any atom is -1.00 e. The molecular formula is C102H127AlCl2ILiN10O20S3Si2. The molecule has 10 heterocycles. The van der Waals surface area contributed by atoms with Crippen molar-refractivity contribution in [2.24, 2.45) is 28.2 Å². The number of H-pyrrole nitrogens is 1. The van der Waals surface area contributed by atoms with Gasteiger partial charge in [0.1, 0.15) is 34.0 Å². The number of hydrogen-bond acceptors (Lipinski definition) is 23. The van der Waals surface area contributed by atoms with E-state index in [0.717, 1.165) is 128 Å². The number of hydrogen-bond donors (Lipinski definition) is 2. The number of ether oxygens (including phenoxy) is 2. The van der Waals surface area contributed by atoms with Gasteiger partial charge in [-0.25, -0.2) is 14.4 Å². The van der Waals surface area contributed by atoms with Gasteiger partial charge in [-0.1, -0.05) is 164 Å². The zero-order chi connectivity index (χ0) is 104. The Bertz CT molecular complexity index is 7330. The van der Waals surface area contributed by atoms with Crippen LogP contribution >= 0.6 is 79.8 Å². The zero-order valence-electron chi connectivity index (χ0n) is 84.9. The smallest absolute Gasteiger partial charge is 1.00 e. The number of alkyl halides is 3. The second-order valence-corrected chi connectivity index (χ2v) is 48.9. The van der Waals surface area contributed by atoms with E-state index in [-0.39, 0.29) is 132 Å². The third-order valence-corrected chi connectivity index (χ3v) is 37.8. The molecule has 40 heteroatoms. The number of aldehydes is 1. The topological polar surface area (TPSA) is 373 Å². The predicted octanol–water partition coefficient (Wildman–Crippen LogP) is 14.4.